The number of aromatic nitrogens is 3. The lowest BCUT2D eigenvalue weighted by atomic mass is 9.96. The van der Waals surface area contributed by atoms with Gasteiger partial charge in [-0.1, -0.05) is 36.7 Å². The Labute approximate surface area is 174 Å². The lowest BCUT2D eigenvalue weighted by molar-refractivity contribution is 0.227. The first-order valence-electron chi connectivity index (χ1n) is 9.37. The molecule has 0 fully saturated rings. The molecule has 0 aliphatic rings. The summed E-state index contributed by atoms with van der Waals surface area (Å²) in [7, 11) is 4.28. The third kappa shape index (κ3) is 3.70. The first kappa shape index (κ1) is 19.1. The predicted molar refractivity (Wildman–Crippen MR) is 118 cm³/mol. The van der Waals surface area contributed by atoms with Gasteiger partial charge in [-0.15, -0.1) is 11.3 Å². The molecule has 0 saturated carbocycles. The van der Waals surface area contributed by atoms with Crippen LogP contribution < -0.4 is 0 Å². The minimum atomic E-state index is 0.202. The number of fused-ring (bicyclic) bond motifs is 1. The average Bonchev–Trinajstić information content (AvgIpc) is 3.35. The summed E-state index contributed by atoms with van der Waals surface area (Å²) < 4.78 is 3.40. The molecule has 2 unspecified atom stereocenters. The molecule has 0 aliphatic carbocycles. The van der Waals surface area contributed by atoms with Gasteiger partial charge in [0.25, 0.3) is 0 Å². The fourth-order valence-electron chi connectivity index (χ4n) is 3.74. The van der Waals surface area contributed by atoms with Crippen molar-refractivity contribution in [2.75, 3.05) is 14.1 Å². The molecule has 0 radical (unpaired) electrons. The van der Waals surface area contributed by atoms with Crippen LogP contribution >= 0.6 is 22.9 Å². The maximum absolute atomic E-state index is 6.02. The van der Waals surface area contributed by atoms with Crippen LogP contribution in [0.5, 0.6) is 0 Å². The van der Waals surface area contributed by atoms with Crippen molar-refractivity contribution in [1.82, 2.24) is 19.4 Å². The first-order valence-corrected chi connectivity index (χ1v) is 10.6. The molecule has 0 bridgehead atoms. The molecule has 4 nitrogen and oxygen atoms in total. The van der Waals surface area contributed by atoms with Gasteiger partial charge in [-0.2, -0.15) is 0 Å². The van der Waals surface area contributed by atoms with Gasteiger partial charge in [0.2, 0.25) is 0 Å². The largest absolute Gasteiger partial charge is 0.328 e. The predicted octanol–water partition coefficient (Wildman–Crippen LogP) is 5.74. The van der Waals surface area contributed by atoms with Crippen LogP contribution in [-0.2, 0) is 0 Å². The monoisotopic (exact) mass is 410 g/mol. The van der Waals surface area contributed by atoms with Gasteiger partial charge in [0, 0.05) is 29.0 Å². The summed E-state index contributed by atoms with van der Waals surface area (Å²) in [5, 5.41) is 1.76. The second-order valence-corrected chi connectivity index (χ2v) is 8.61. The molecule has 0 amide bonds. The second kappa shape index (κ2) is 8.03. The number of likely N-dealkylation sites (N-methyl/N-ethyl adjacent to an activating group) is 1. The third-order valence-corrected chi connectivity index (χ3v) is 6.46. The average molecular weight is 411 g/mol. The van der Waals surface area contributed by atoms with Crippen LogP contribution in [0.15, 0.2) is 61.2 Å². The summed E-state index contributed by atoms with van der Waals surface area (Å²) in [4.78, 5) is 11.4. The maximum Gasteiger partial charge on any atom is 0.124 e. The van der Waals surface area contributed by atoms with Gasteiger partial charge in [-0.3, -0.25) is 0 Å². The number of benzene rings is 2. The fraction of sp³-hybridized carbons (Fsp3) is 0.273. The molecular weight excluding hydrogens is 388 g/mol. The van der Waals surface area contributed by atoms with E-state index in [0.717, 1.165) is 27.5 Å². The van der Waals surface area contributed by atoms with E-state index in [0.29, 0.717) is 6.04 Å². The van der Waals surface area contributed by atoms with E-state index in [-0.39, 0.29) is 6.04 Å². The van der Waals surface area contributed by atoms with E-state index < -0.39 is 0 Å². The molecule has 4 rings (SSSR count). The van der Waals surface area contributed by atoms with Gasteiger partial charge >= 0.3 is 0 Å². The van der Waals surface area contributed by atoms with Gasteiger partial charge < -0.3 is 9.47 Å². The number of halogens is 1. The molecule has 4 aromatic rings. The first-order chi connectivity index (χ1) is 13.6. The van der Waals surface area contributed by atoms with Crippen molar-refractivity contribution in [2.24, 2.45) is 0 Å². The van der Waals surface area contributed by atoms with E-state index in [1.807, 2.05) is 43.0 Å². The summed E-state index contributed by atoms with van der Waals surface area (Å²) >= 11 is 7.74. The normalized spacial score (nSPS) is 13.9. The van der Waals surface area contributed by atoms with E-state index in [4.69, 9.17) is 16.6 Å². The van der Waals surface area contributed by atoms with Crippen molar-refractivity contribution >= 4 is 33.2 Å². The van der Waals surface area contributed by atoms with Crippen molar-refractivity contribution in [1.29, 1.82) is 0 Å². The summed E-state index contributed by atoms with van der Waals surface area (Å²) in [6, 6.07) is 15.0. The van der Waals surface area contributed by atoms with Crippen molar-refractivity contribution < 1.29 is 0 Å². The lowest BCUT2D eigenvalue weighted by Gasteiger charge is -2.33. The van der Waals surface area contributed by atoms with E-state index in [2.05, 4.69) is 53.7 Å². The number of hydrogen-bond acceptors (Lipinski definition) is 4. The summed E-state index contributed by atoms with van der Waals surface area (Å²) in [6.07, 6.45) is 6.85. The van der Waals surface area contributed by atoms with Gasteiger partial charge in [0.15, 0.2) is 0 Å². The van der Waals surface area contributed by atoms with Crippen LogP contribution in [0.3, 0.4) is 0 Å². The van der Waals surface area contributed by atoms with Crippen molar-refractivity contribution in [3.8, 4) is 10.6 Å². The maximum atomic E-state index is 6.02. The van der Waals surface area contributed by atoms with E-state index in [1.54, 1.807) is 11.3 Å². The molecule has 2 aromatic heterocycles. The molecule has 6 heteroatoms. The van der Waals surface area contributed by atoms with E-state index in [1.165, 1.54) is 10.3 Å². The van der Waals surface area contributed by atoms with Crippen LogP contribution in [0, 0.1) is 0 Å². The Balaban J connectivity index is 1.77. The van der Waals surface area contributed by atoms with Crippen molar-refractivity contribution in [2.45, 2.75) is 25.4 Å². The zero-order chi connectivity index (χ0) is 19.7. The summed E-state index contributed by atoms with van der Waals surface area (Å²) in [6.45, 7) is 2.23. The Morgan fingerprint density at radius 1 is 1.14 bits per heavy atom. The molecular formula is C22H23ClN4S. The van der Waals surface area contributed by atoms with Gasteiger partial charge in [-0.25, -0.2) is 9.97 Å². The number of hydrogen-bond donors (Lipinski definition) is 0. The summed E-state index contributed by atoms with van der Waals surface area (Å²) in [5.74, 6) is 0. The van der Waals surface area contributed by atoms with Crippen LogP contribution in [0.4, 0.5) is 0 Å². The number of rotatable bonds is 6. The fourth-order valence-corrected chi connectivity index (χ4v) is 4.88. The van der Waals surface area contributed by atoms with Gasteiger partial charge in [-0.05, 0) is 50.3 Å². The highest BCUT2D eigenvalue weighted by molar-refractivity contribution is 7.21. The molecule has 0 saturated heterocycles. The molecule has 0 aliphatic heterocycles. The van der Waals surface area contributed by atoms with Crippen molar-refractivity contribution in [3.05, 3.63) is 71.8 Å². The Bertz CT molecular complexity index is 1050. The lowest BCUT2D eigenvalue weighted by Crippen LogP contribution is -2.36. The highest BCUT2D eigenvalue weighted by atomic mass is 35.5. The Kier molecular flexibility index (Phi) is 5.49. The molecule has 0 spiro atoms. The highest BCUT2D eigenvalue weighted by Crippen LogP contribution is 2.34. The Morgan fingerprint density at radius 3 is 2.57 bits per heavy atom. The smallest absolute Gasteiger partial charge is 0.124 e. The molecule has 144 valence electrons. The summed E-state index contributed by atoms with van der Waals surface area (Å²) in [5.41, 5.74) is 3.40. The SMILES string of the molecule is CCC(C(c1ccc2nc(-c3ccc(Cl)cc3)sc2c1)n1ccnc1)N(C)C. The topological polar surface area (TPSA) is 34.0 Å². The highest BCUT2D eigenvalue weighted by Gasteiger charge is 2.25. The second-order valence-electron chi connectivity index (χ2n) is 7.15. The minimum absolute atomic E-state index is 0.202. The van der Waals surface area contributed by atoms with Gasteiger partial charge in [0.1, 0.15) is 5.01 Å². The molecule has 28 heavy (non-hydrogen) atoms. The van der Waals surface area contributed by atoms with Crippen LogP contribution in [0.2, 0.25) is 5.02 Å². The van der Waals surface area contributed by atoms with E-state index in [9.17, 15) is 0 Å². The quantitative estimate of drug-likeness (QED) is 0.406. The third-order valence-electron chi connectivity index (χ3n) is 5.14. The zero-order valence-corrected chi connectivity index (χ0v) is 17.8. The van der Waals surface area contributed by atoms with Crippen molar-refractivity contribution in [3.63, 3.8) is 0 Å². The standard InChI is InChI=1S/C22H23ClN4S/c1-4-19(26(2)3)21(27-12-11-24-14-27)16-7-10-18-20(13-16)28-22(25-18)15-5-8-17(23)9-6-15/h5-14,19,21H,4H2,1-3H3. The van der Waals surface area contributed by atoms with Crippen LogP contribution in [0.1, 0.15) is 24.9 Å². The Hall–Kier alpha value is -2.21. The number of thiazole rings is 1. The minimum Gasteiger partial charge on any atom is -0.328 e. The molecule has 2 heterocycles. The molecule has 2 aromatic carbocycles. The number of imidazole rings is 1. The number of nitrogens with zero attached hydrogens (tertiary/aromatic N) is 4. The zero-order valence-electron chi connectivity index (χ0n) is 16.2. The Morgan fingerprint density at radius 2 is 1.93 bits per heavy atom. The van der Waals surface area contributed by atoms with Crippen LogP contribution in [-0.4, -0.2) is 39.6 Å². The van der Waals surface area contributed by atoms with Gasteiger partial charge in [0.05, 0.1) is 22.6 Å². The molecule has 0 N–H and O–H groups in total. The molecule has 2 atom stereocenters. The van der Waals surface area contributed by atoms with Crippen LogP contribution in [0.25, 0.3) is 20.8 Å². The van der Waals surface area contributed by atoms with E-state index >= 15 is 0 Å².